The maximum atomic E-state index is 2.31. The highest BCUT2D eigenvalue weighted by Gasteiger charge is 1.85. The molecule has 0 rings (SSSR count). The maximum absolute atomic E-state index is 2.31. The van der Waals surface area contributed by atoms with Crippen molar-refractivity contribution in [3.8, 4) is 0 Å². The normalized spacial score (nSPS) is 11.9. The largest absolute Gasteiger partial charge is 0.0845 e. The van der Waals surface area contributed by atoms with Gasteiger partial charge in [0, 0.05) is 0 Å². The van der Waals surface area contributed by atoms with E-state index in [4.69, 9.17) is 0 Å². The van der Waals surface area contributed by atoms with Crippen molar-refractivity contribution in [3.05, 3.63) is 24.3 Å². The summed E-state index contributed by atoms with van der Waals surface area (Å²) in [7, 11) is 0. The Kier molecular flexibility index (Phi) is 14.0. The summed E-state index contributed by atoms with van der Waals surface area (Å²) in [6.45, 7) is 4.52. The molecule has 0 aliphatic heterocycles. The third kappa shape index (κ3) is 13.5. The number of hydrogen-bond donors (Lipinski definition) is 0. The van der Waals surface area contributed by atoms with Crippen molar-refractivity contribution in [2.24, 2.45) is 0 Å². The third-order valence-corrected chi connectivity index (χ3v) is 2.83. The molecule has 0 aliphatic carbocycles. The van der Waals surface area contributed by atoms with E-state index < -0.39 is 0 Å². The second-order valence-corrected chi connectivity index (χ2v) is 4.55. The summed E-state index contributed by atoms with van der Waals surface area (Å²) in [5.74, 6) is 0. The number of hydrogen-bond acceptors (Lipinski definition) is 0. The van der Waals surface area contributed by atoms with Crippen LogP contribution in [0.1, 0.15) is 78.1 Å². The van der Waals surface area contributed by atoms with Crippen LogP contribution in [0, 0.1) is 0 Å². The van der Waals surface area contributed by atoms with E-state index in [2.05, 4.69) is 38.2 Å². The van der Waals surface area contributed by atoms with E-state index in [1.54, 1.807) is 0 Å². The van der Waals surface area contributed by atoms with Crippen molar-refractivity contribution >= 4 is 0 Å². The topological polar surface area (TPSA) is 0 Å². The first-order chi connectivity index (χ1) is 7.91. The van der Waals surface area contributed by atoms with Gasteiger partial charge in [0.25, 0.3) is 0 Å². The molecule has 0 unspecified atom stereocenters. The smallest absolute Gasteiger partial charge is 0.0348 e. The Morgan fingerprint density at radius 1 is 0.562 bits per heavy atom. The molecule has 0 heterocycles. The summed E-state index contributed by atoms with van der Waals surface area (Å²) in [4.78, 5) is 0. The Hall–Kier alpha value is -0.520. The van der Waals surface area contributed by atoms with Crippen LogP contribution in [0.2, 0.25) is 0 Å². The SMILES string of the molecule is CCCCC/C=C\C=C/CCCCCCC. The van der Waals surface area contributed by atoms with E-state index >= 15 is 0 Å². The van der Waals surface area contributed by atoms with Crippen molar-refractivity contribution in [2.45, 2.75) is 78.1 Å². The van der Waals surface area contributed by atoms with Gasteiger partial charge in [-0.3, -0.25) is 0 Å². The zero-order valence-electron chi connectivity index (χ0n) is 11.4. The van der Waals surface area contributed by atoms with Gasteiger partial charge >= 0.3 is 0 Å². The number of allylic oxidation sites excluding steroid dienone is 4. The predicted octanol–water partition coefficient (Wildman–Crippen LogP) is 6.04. The molecule has 0 saturated heterocycles. The summed E-state index contributed by atoms with van der Waals surface area (Å²) in [6, 6.07) is 0. The highest BCUT2D eigenvalue weighted by atomic mass is 13.9. The molecule has 0 aromatic carbocycles. The van der Waals surface area contributed by atoms with E-state index in [9.17, 15) is 0 Å². The summed E-state index contributed by atoms with van der Waals surface area (Å²) in [5.41, 5.74) is 0. The minimum absolute atomic E-state index is 1.24. The van der Waals surface area contributed by atoms with Crippen LogP contribution < -0.4 is 0 Å². The molecule has 0 fully saturated rings. The number of rotatable bonds is 11. The third-order valence-electron chi connectivity index (χ3n) is 2.83. The van der Waals surface area contributed by atoms with Gasteiger partial charge < -0.3 is 0 Å². The van der Waals surface area contributed by atoms with Crippen LogP contribution >= 0.6 is 0 Å². The van der Waals surface area contributed by atoms with Crippen molar-refractivity contribution < 1.29 is 0 Å². The molecule has 0 saturated carbocycles. The van der Waals surface area contributed by atoms with E-state index in [0.717, 1.165) is 0 Å². The zero-order valence-corrected chi connectivity index (χ0v) is 11.4. The molecule has 0 amide bonds. The average Bonchev–Trinajstić information content (AvgIpc) is 2.31. The fourth-order valence-corrected chi connectivity index (χ4v) is 1.73. The lowest BCUT2D eigenvalue weighted by atomic mass is 10.1. The number of unbranched alkanes of at least 4 members (excludes halogenated alkanes) is 8. The maximum Gasteiger partial charge on any atom is -0.0348 e. The minimum Gasteiger partial charge on any atom is -0.0845 e. The molecule has 0 N–H and O–H groups in total. The fourth-order valence-electron chi connectivity index (χ4n) is 1.73. The van der Waals surface area contributed by atoms with Crippen LogP contribution in [0.15, 0.2) is 24.3 Å². The van der Waals surface area contributed by atoms with Crippen molar-refractivity contribution in [2.75, 3.05) is 0 Å². The van der Waals surface area contributed by atoms with Crippen LogP contribution in [-0.4, -0.2) is 0 Å². The molecule has 0 radical (unpaired) electrons. The van der Waals surface area contributed by atoms with Crippen LogP contribution in [-0.2, 0) is 0 Å². The molecule has 0 aromatic rings. The second-order valence-electron chi connectivity index (χ2n) is 4.55. The molecular weight excluding hydrogens is 192 g/mol. The van der Waals surface area contributed by atoms with Gasteiger partial charge in [-0.1, -0.05) is 76.7 Å². The predicted molar refractivity (Wildman–Crippen MR) is 75.8 cm³/mol. The molecule has 0 aromatic heterocycles. The van der Waals surface area contributed by atoms with Crippen LogP contribution in [0.5, 0.6) is 0 Å². The van der Waals surface area contributed by atoms with Crippen LogP contribution in [0.3, 0.4) is 0 Å². The van der Waals surface area contributed by atoms with Gasteiger partial charge in [-0.25, -0.2) is 0 Å². The van der Waals surface area contributed by atoms with Gasteiger partial charge in [-0.15, -0.1) is 0 Å². The lowest BCUT2D eigenvalue weighted by Gasteiger charge is -1.95. The Bertz CT molecular complexity index is 165. The molecular formula is C16H30. The zero-order chi connectivity index (χ0) is 11.9. The lowest BCUT2D eigenvalue weighted by Crippen LogP contribution is -1.75. The fraction of sp³-hybridized carbons (Fsp3) is 0.750. The van der Waals surface area contributed by atoms with E-state index in [1.165, 1.54) is 64.2 Å². The molecule has 0 heteroatoms. The van der Waals surface area contributed by atoms with E-state index in [-0.39, 0.29) is 0 Å². The van der Waals surface area contributed by atoms with Crippen molar-refractivity contribution in [1.29, 1.82) is 0 Å². The van der Waals surface area contributed by atoms with Gasteiger partial charge in [-0.2, -0.15) is 0 Å². The summed E-state index contributed by atoms with van der Waals surface area (Å²) in [5, 5.41) is 0. The Balaban J connectivity index is 3.14. The van der Waals surface area contributed by atoms with Crippen LogP contribution in [0.4, 0.5) is 0 Å². The molecule has 0 atom stereocenters. The van der Waals surface area contributed by atoms with Crippen molar-refractivity contribution in [3.63, 3.8) is 0 Å². The van der Waals surface area contributed by atoms with Gasteiger partial charge in [0.15, 0.2) is 0 Å². The first-order valence-corrected chi connectivity index (χ1v) is 7.23. The Labute approximate surface area is 103 Å². The first-order valence-electron chi connectivity index (χ1n) is 7.23. The molecule has 0 aliphatic rings. The highest BCUT2D eigenvalue weighted by molar-refractivity contribution is 5.02. The standard InChI is InChI=1S/C16H30/c1-3-5-7-9-11-13-15-16-14-12-10-8-6-4-2/h11,13,15-16H,3-10,12,14H2,1-2H3/b13-11-,16-15-. The second kappa shape index (κ2) is 14.5. The molecule has 16 heavy (non-hydrogen) atoms. The average molecular weight is 222 g/mol. The van der Waals surface area contributed by atoms with E-state index in [1.807, 2.05) is 0 Å². The van der Waals surface area contributed by atoms with E-state index in [0.29, 0.717) is 0 Å². The summed E-state index contributed by atoms with van der Waals surface area (Å²) >= 11 is 0. The molecule has 0 spiro atoms. The lowest BCUT2D eigenvalue weighted by molar-refractivity contribution is 0.637. The highest BCUT2D eigenvalue weighted by Crippen LogP contribution is 2.05. The molecule has 0 bridgehead atoms. The summed E-state index contributed by atoms with van der Waals surface area (Å²) < 4.78 is 0. The Morgan fingerprint density at radius 3 is 1.56 bits per heavy atom. The van der Waals surface area contributed by atoms with Gasteiger partial charge in [-0.05, 0) is 25.7 Å². The molecule has 0 nitrogen and oxygen atoms in total. The molecule has 94 valence electrons. The first kappa shape index (κ1) is 15.5. The minimum atomic E-state index is 1.24. The monoisotopic (exact) mass is 222 g/mol. The van der Waals surface area contributed by atoms with Gasteiger partial charge in [0.2, 0.25) is 0 Å². The summed E-state index contributed by atoms with van der Waals surface area (Å²) in [6.07, 6.45) is 22.5. The van der Waals surface area contributed by atoms with Crippen LogP contribution in [0.25, 0.3) is 0 Å². The van der Waals surface area contributed by atoms with Crippen molar-refractivity contribution in [1.82, 2.24) is 0 Å². The van der Waals surface area contributed by atoms with Gasteiger partial charge in [0.1, 0.15) is 0 Å². The van der Waals surface area contributed by atoms with Gasteiger partial charge in [0.05, 0.1) is 0 Å². The Morgan fingerprint density at radius 2 is 1.00 bits per heavy atom. The quantitative estimate of drug-likeness (QED) is 0.295.